The van der Waals surface area contributed by atoms with Crippen LogP contribution in [0.3, 0.4) is 0 Å². The third-order valence-electron chi connectivity index (χ3n) is 6.04. The summed E-state index contributed by atoms with van der Waals surface area (Å²) in [5.41, 5.74) is 1.93. The molecule has 0 atom stereocenters. The molecule has 1 saturated heterocycles. The molecule has 0 unspecified atom stereocenters. The Bertz CT molecular complexity index is 698. The Balaban J connectivity index is 1.30. The quantitative estimate of drug-likeness (QED) is 0.852. The molecule has 2 fully saturated rings. The number of carbonyl (C=O) groups excluding carboxylic acids is 2. The van der Waals surface area contributed by atoms with Gasteiger partial charge in [0.05, 0.1) is 31.0 Å². The lowest BCUT2D eigenvalue weighted by molar-refractivity contribution is -0.139. The number of fused-ring (bicyclic) bond motifs is 1. The molecule has 0 radical (unpaired) electrons. The zero-order chi connectivity index (χ0) is 18.8. The molecule has 2 aliphatic heterocycles. The smallest absolute Gasteiger partial charge is 0.317 e. The van der Waals surface area contributed by atoms with Gasteiger partial charge in [0.25, 0.3) is 0 Å². The molecule has 148 valence electrons. The normalized spacial score (nSPS) is 21.4. The van der Waals surface area contributed by atoms with Crippen molar-refractivity contribution in [2.24, 2.45) is 5.92 Å². The van der Waals surface area contributed by atoms with Crippen LogP contribution in [0.15, 0.2) is 6.07 Å². The summed E-state index contributed by atoms with van der Waals surface area (Å²) in [6.45, 7) is 6.05. The van der Waals surface area contributed by atoms with E-state index >= 15 is 0 Å². The molecule has 8 heteroatoms. The molecule has 3 aliphatic rings. The van der Waals surface area contributed by atoms with Gasteiger partial charge in [-0.1, -0.05) is 6.42 Å². The van der Waals surface area contributed by atoms with Gasteiger partial charge in [-0.25, -0.2) is 4.79 Å². The second kappa shape index (κ2) is 7.88. The topological polar surface area (TPSA) is 73.7 Å². The number of amides is 3. The fourth-order valence-electron chi connectivity index (χ4n) is 4.04. The molecule has 0 aromatic carbocycles. The monoisotopic (exact) mass is 374 g/mol. The largest absolute Gasteiger partial charge is 0.335 e. The lowest BCUT2D eigenvalue weighted by atomic mass is 9.84. The van der Waals surface area contributed by atoms with Crippen molar-refractivity contribution < 1.29 is 9.59 Å². The van der Waals surface area contributed by atoms with Crippen LogP contribution in [0.4, 0.5) is 4.79 Å². The van der Waals surface area contributed by atoms with Crippen LogP contribution in [-0.4, -0.2) is 76.2 Å². The van der Waals surface area contributed by atoms with E-state index in [1.807, 2.05) is 20.5 Å². The van der Waals surface area contributed by atoms with Gasteiger partial charge in [0.1, 0.15) is 0 Å². The number of likely N-dealkylation sites (N-methyl/N-ethyl adjacent to an activating group) is 1. The van der Waals surface area contributed by atoms with Crippen molar-refractivity contribution in [3.8, 4) is 0 Å². The van der Waals surface area contributed by atoms with Gasteiger partial charge in [0.2, 0.25) is 5.91 Å². The molecule has 1 aromatic heterocycles. The summed E-state index contributed by atoms with van der Waals surface area (Å²) in [6.07, 6.45) is 4.27. The van der Waals surface area contributed by atoms with Crippen molar-refractivity contribution in [1.82, 2.24) is 29.8 Å². The van der Waals surface area contributed by atoms with Crippen LogP contribution < -0.4 is 5.32 Å². The standard InChI is InChI=1S/C19H30N6O2/c1-22-6-3-7-23(9-8-22)19(27)20-13-16-12-17-14-24(10-11-25(17)21-16)18(26)15-4-2-5-15/h12,15H,2-11,13-14H2,1H3,(H,20,27). The lowest BCUT2D eigenvalue weighted by Gasteiger charge is -2.34. The number of aromatic nitrogens is 2. The Kier molecular flexibility index (Phi) is 5.33. The first kappa shape index (κ1) is 18.3. The minimum Gasteiger partial charge on any atom is -0.335 e. The summed E-state index contributed by atoms with van der Waals surface area (Å²) >= 11 is 0. The van der Waals surface area contributed by atoms with Crippen LogP contribution in [0.1, 0.15) is 37.1 Å². The highest BCUT2D eigenvalue weighted by molar-refractivity contribution is 5.79. The van der Waals surface area contributed by atoms with E-state index in [1.165, 1.54) is 6.42 Å². The first-order valence-electron chi connectivity index (χ1n) is 10.2. The highest BCUT2D eigenvalue weighted by Crippen LogP contribution is 2.29. The predicted molar refractivity (Wildman–Crippen MR) is 101 cm³/mol. The molecule has 1 N–H and O–H groups in total. The van der Waals surface area contributed by atoms with Crippen molar-refractivity contribution in [2.45, 2.75) is 45.3 Å². The van der Waals surface area contributed by atoms with Gasteiger partial charge in [-0.2, -0.15) is 5.10 Å². The maximum absolute atomic E-state index is 12.5. The highest BCUT2D eigenvalue weighted by atomic mass is 16.2. The fourth-order valence-corrected chi connectivity index (χ4v) is 4.04. The van der Waals surface area contributed by atoms with E-state index in [2.05, 4.69) is 22.4 Å². The zero-order valence-electron chi connectivity index (χ0n) is 16.2. The van der Waals surface area contributed by atoms with E-state index in [0.29, 0.717) is 19.0 Å². The SMILES string of the molecule is CN1CCCN(C(=O)NCc2cc3n(n2)CCN(C(=O)C2CCC2)C3)CC1. The third-order valence-corrected chi connectivity index (χ3v) is 6.04. The number of rotatable bonds is 3. The molecule has 27 heavy (non-hydrogen) atoms. The van der Waals surface area contributed by atoms with Crippen molar-refractivity contribution in [2.75, 3.05) is 39.8 Å². The van der Waals surface area contributed by atoms with Gasteiger partial charge >= 0.3 is 6.03 Å². The number of hydrogen-bond donors (Lipinski definition) is 1. The van der Waals surface area contributed by atoms with Gasteiger partial charge < -0.3 is 20.0 Å². The first-order valence-corrected chi connectivity index (χ1v) is 10.2. The summed E-state index contributed by atoms with van der Waals surface area (Å²) in [6, 6.07) is 2.01. The minimum absolute atomic E-state index is 0.0157. The Morgan fingerprint density at radius 3 is 2.67 bits per heavy atom. The summed E-state index contributed by atoms with van der Waals surface area (Å²) < 4.78 is 1.98. The van der Waals surface area contributed by atoms with Crippen LogP contribution in [0.25, 0.3) is 0 Å². The van der Waals surface area contributed by atoms with Crippen molar-refractivity contribution >= 4 is 11.9 Å². The Morgan fingerprint density at radius 1 is 1.07 bits per heavy atom. The fraction of sp³-hybridized carbons (Fsp3) is 0.737. The van der Waals surface area contributed by atoms with Crippen molar-refractivity contribution in [1.29, 1.82) is 0 Å². The van der Waals surface area contributed by atoms with E-state index in [4.69, 9.17) is 0 Å². The van der Waals surface area contributed by atoms with Crippen LogP contribution in [0, 0.1) is 5.92 Å². The van der Waals surface area contributed by atoms with Crippen molar-refractivity contribution in [3.05, 3.63) is 17.5 Å². The maximum Gasteiger partial charge on any atom is 0.317 e. The second-order valence-electron chi connectivity index (χ2n) is 8.04. The van der Waals surface area contributed by atoms with Crippen LogP contribution in [0.5, 0.6) is 0 Å². The summed E-state index contributed by atoms with van der Waals surface area (Å²) in [5.74, 6) is 0.542. The number of carbonyl (C=O) groups is 2. The molecule has 1 saturated carbocycles. The lowest BCUT2D eigenvalue weighted by Crippen LogP contribution is -2.43. The van der Waals surface area contributed by atoms with Crippen LogP contribution >= 0.6 is 0 Å². The predicted octanol–water partition coefficient (Wildman–Crippen LogP) is 0.873. The summed E-state index contributed by atoms with van der Waals surface area (Å²) in [7, 11) is 2.09. The Labute approximate surface area is 160 Å². The Hall–Kier alpha value is -2.09. The molecule has 3 heterocycles. The molecular formula is C19H30N6O2. The molecular weight excluding hydrogens is 344 g/mol. The minimum atomic E-state index is -0.0157. The number of nitrogens with one attached hydrogen (secondary N) is 1. The first-order chi connectivity index (χ1) is 13.1. The van der Waals surface area contributed by atoms with Crippen molar-refractivity contribution in [3.63, 3.8) is 0 Å². The van der Waals surface area contributed by atoms with E-state index in [9.17, 15) is 9.59 Å². The van der Waals surface area contributed by atoms with Gasteiger partial charge in [-0.3, -0.25) is 9.48 Å². The molecule has 0 bridgehead atoms. The average molecular weight is 374 g/mol. The number of nitrogens with zero attached hydrogens (tertiary/aromatic N) is 5. The van der Waals surface area contributed by atoms with Gasteiger partial charge in [0, 0.05) is 32.1 Å². The maximum atomic E-state index is 12.5. The zero-order valence-corrected chi connectivity index (χ0v) is 16.2. The average Bonchev–Trinajstić information content (AvgIpc) is 2.90. The van der Waals surface area contributed by atoms with Crippen LogP contribution in [0.2, 0.25) is 0 Å². The summed E-state index contributed by atoms with van der Waals surface area (Å²) in [4.78, 5) is 31.0. The third kappa shape index (κ3) is 4.10. The molecule has 8 nitrogen and oxygen atoms in total. The van der Waals surface area contributed by atoms with E-state index in [1.54, 1.807) is 0 Å². The van der Waals surface area contributed by atoms with Gasteiger partial charge in [-0.15, -0.1) is 0 Å². The van der Waals surface area contributed by atoms with Gasteiger partial charge in [-0.05, 0) is 38.9 Å². The Morgan fingerprint density at radius 2 is 1.89 bits per heavy atom. The van der Waals surface area contributed by atoms with Gasteiger partial charge in [0.15, 0.2) is 0 Å². The van der Waals surface area contributed by atoms with E-state index < -0.39 is 0 Å². The van der Waals surface area contributed by atoms with Crippen LogP contribution in [-0.2, 0) is 24.4 Å². The molecule has 1 aliphatic carbocycles. The number of hydrogen-bond acceptors (Lipinski definition) is 4. The highest BCUT2D eigenvalue weighted by Gasteiger charge is 2.31. The summed E-state index contributed by atoms with van der Waals surface area (Å²) in [5, 5.41) is 7.61. The van der Waals surface area contributed by atoms with E-state index in [0.717, 1.165) is 69.9 Å². The molecule has 3 amide bonds. The van der Waals surface area contributed by atoms with E-state index in [-0.39, 0.29) is 11.9 Å². The molecule has 4 rings (SSSR count). The number of urea groups is 1. The second-order valence-corrected chi connectivity index (χ2v) is 8.04. The molecule has 1 aromatic rings. The molecule has 0 spiro atoms.